The Balaban J connectivity index is 2.20. The van der Waals surface area contributed by atoms with Crippen molar-refractivity contribution in [1.82, 2.24) is 0 Å². The Kier molecular flexibility index (Phi) is 5.41. The van der Waals surface area contributed by atoms with Crippen molar-refractivity contribution in [3.05, 3.63) is 34.9 Å². The lowest BCUT2D eigenvalue weighted by atomic mass is 9.84. The fourth-order valence-electron chi connectivity index (χ4n) is 2.98. The summed E-state index contributed by atoms with van der Waals surface area (Å²) in [6.45, 7) is 2.12. The molecule has 1 aromatic rings. The first kappa shape index (κ1) is 15.3. The zero-order valence-electron chi connectivity index (χ0n) is 12.1. The largest absolute Gasteiger partial charge is 0.507 e. The van der Waals surface area contributed by atoms with Crippen LogP contribution in [0.2, 0.25) is 0 Å². The van der Waals surface area contributed by atoms with Crippen molar-refractivity contribution in [3.8, 4) is 11.5 Å². The van der Waals surface area contributed by atoms with E-state index in [4.69, 9.17) is 0 Å². The molecule has 0 spiro atoms. The van der Waals surface area contributed by atoms with Crippen molar-refractivity contribution in [2.24, 2.45) is 0 Å². The van der Waals surface area contributed by atoms with Crippen LogP contribution in [0.15, 0.2) is 23.8 Å². The first-order chi connectivity index (χ1) is 9.61. The Morgan fingerprint density at radius 1 is 1.20 bits per heavy atom. The highest BCUT2D eigenvalue weighted by Crippen LogP contribution is 2.41. The average Bonchev–Trinajstić information content (AvgIpc) is 2.38. The predicted octanol–water partition coefficient (Wildman–Crippen LogP) is 4.56. The van der Waals surface area contributed by atoms with Gasteiger partial charge in [0.1, 0.15) is 11.5 Å². The number of rotatable bonds is 5. The number of phenolic OH excluding ortho intramolecular Hbond substituents is 2. The molecule has 0 saturated heterocycles. The summed E-state index contributed by atoms with van der Waals surface area (Å²) >= 11 is 4.20. The van der Waals surface area contributed by atoms with Crippen molar-refractivity contribution in [2.75, 3.05) is 5.75 Å². The average molecular weight is 292 g/mol. The predicted molar refractivity (Wildman–Crippen MR) is 86.9 cm³/mol. The minimum absolute atomic E-state index is 0.148. The molecule has 0 saturated carbocycles. The van der Waals surface area contributed by atoms with Gasteiger partial charge in [0.2, 0.25) is 0 Å². The Morgan fingerprint density at radius 3 is 2.50 bits per heavy atom. The summed E-state index contributed by atoms with van der Waals surface area (Å²) in [7, 11) is 0. The molecule has 2 nitrogen and oxygen atoms in total. The Hall–Kier alpha value is -1.09. The summed E-state index contributed by atoms with van der Waals surface area (Å²) in [4.78, 5) is 0. The molecule has 2 N–H and O–H groups in total. The zero-order valence-corrected chi connectivity index (χ0v) is 13.0. The molecule has 3 heteroatoms. The molecule has 1 atom stereocenters. The molecule has 20 heavy (non-hydrogen) atoms. The topological polar surface area (TPSA) is 40.5 Å². The number of aryl methyl sites for hydroxylation is 1. The van der Waals surface area contributed by atoms with Gasteiger partial charge in [-0.2, -0.15) is 12.6 Å². The molecule has 0 aromatic heterocycles. The molecule has 1 aromatic carbocycles. The van der Waals surface area contributed by atoms with Crippen molar-refractivity contribution < 1.29 is 10.2 Å². The molecule has 2 rings (SSSR count). The minimum atomic E-state index is 0.148. The normalized spacial score (nSPS) is 18.9. The van der Waals surface area contributed by atoms with E-state index in [9.17, 15) is 10.2 Å². The molecule has 0 unspecified atom stereocenters. The van der Waals surface area contributed by atoms with Crippen molar-refractivity contribution >= 4 is 12.6 Å². The molecular weight excluding hydrogens is 268 g/mol. The standard InChI is InChI=1S/C17H24O2S/c1-12-5-4-7-14(9-12)17-15(18)10-13(11-16(17)19)6-2-3-8-20/h9-11,14,18-20H,2-8H2,1H3/t14-/m0/s1. The van der Waals surface area contributed by atoms with Crippen LogP contribution in [0.25, 0.3) is 0 Å². The van der Waals surface area contributed by atoms with Gasteiger partial charge in [-0.25, -0.2) is 0 Å². The summed E-state index contributed by atoms with van der Waals surface area (Å²) in [5, 5.41) is 20.5. The lowest BCUT2D eigenvalue weighted by molar-refractivity contribution is 0.427. The van der Waals surface area contributed by atoms with E-state index < -0.39 is 0 Å². The molecule has 1 aliphatic carbocycles. The number of benzene rings is 1. The van der Waals surface area contributed by atoms with Gasteiger partial charge in [0, 0.05) is 11.5 Å². The van der Waals surface area contributed by atoms with Crippen LogP contribution in [-0.4, -0.2) is 16.0 Å². The van der Waals surface area contributed by atoms with Gasteiger partial charge in [-0.15, -0.1) is 0 Å². The number of hydrogen-bond acceptors (Lipinski definition) is 3. The van der Waals surface area contributed by atoms with Crippen LogP contribution in [-0.2, 0) is 6.42 Å². The highest BCUT2D eigenvalue weighted by molar-refractivity contribution is 7.80. The Labute approximate surface area is 126 Å². The Bertz CT molecular complexity index is 471. The molecule has 110 valence electrons. The van der Waals surface area contributed by atoms with E-state index in [1.165, 1.54) is 5.57 Å². The molecule has 1 aliphatic rings. The smallest absolute Gasteiger partial charge is 0.123 e. The van der Waals surface area contributed by atoms with E-state index in [0.717, 1.165) is 49.8 Å². The van der Waals surface area contributed by atoms with Gasteiger partial charge in [-0.05, 0) is 68.9 Å². The van der Waals surface area contributed by atoms with Crippen molar-refractivity contribution in [1.29, 1.82) is 0 Å². The van der Waals surface area contributed by atoms with Gasteiger partial charge >= 0.3 is 0 Å². The third-order valence-electron chi connectivity index (χ3n) is 4.01. The number of phenols is 2. The van der Waals surface area contributed by atoms with E-state index in [1.807, 2.05) is 12.1 Å². The molecule has 0 aliphatic heterocycles. The lowest BCUT2D eigenvalue weighted by Gasteiger charge is -2.22. The summed E-state index contributed by atoms with van der Waals surface area (Å²) in [5.74, 6) is 1.50. The maximum atomic E-state index is 10.3. The third kappa shape index (κ3) is 3.72. The number of thiol groups is 1. The highest BCUT2D eigenvalue weighted by Gasteiger charge is 2.21. The van der Waals surface area contributed by atoms with Crippen molar-refractivity contribution in [2.45, 2.75) is 51.4 Å². The Morgan fingerprint density at radius 2 is 1.90 bits per heavy atom. The van der Waals surface area contributed by atoms with E-state index in [-0.39, 0.29) is 17.4 Å². The summed E-state index contributed by atoms with van der Waals surface area (Å²) < 4.78 is 0. The molecule has 0 fully saturated rings. The van der Waals surface area contributed by atoms with Crippen LogP contribution >= 0.6 is 12.6 Å². The summed E-state index contributed by atoms with van der Waals surface area (Å²) in [5.41, 5.74) is 3.04. The van der Waals surface area contributed by atoms with E-state index in [2.05, 4.69) is 25.6 Å². The van der Waals surface area contributed by atoms with Crippen LogP contribution < -0.4 is 0 Å². The fourth-order valence-corrected chi connectivity index (χ4v) is 3.21. The lowest BCUT2D eigenvalue weighted by Crippen LogP contribution is -2.03. The van der Waals surface area contributed by atoms with E-state index >= 15 is 0 Å². The molecule has 0 bridgehead atoms. The van der Waals surface area contributed by atoms with Gasteiger partial charge in [0.25, 0.3) is 0 Å². The monoisotopic (exact) mass is 292 g/mol. The van der Waals surface area contributed by atoms with E-state index in [1.54, 1.807) is 0 Å². The van der Waals surface area contributed by atoms with Crippen LogP contribution in [0, 0.1) is 0 Å². The maximum absolute atomic E-state index is 10.3. The zero-order chi connectivity index (χ0) is 14.5. The van der Waals surface area contributed by atoms with Crippen molar-refractivity contribution in [3.63, 3.8) is 0 Å². The maximum Gasteiger partial charge on any atom is 0.123 e. The number of allylic oxidation sites excluding steroid dienone is 2. The number of aromatic hydroxyl groups is 2. The summed E-state index contributed by atoms with van der Waals surface area (Å²) in [6.07, 6.45) is 8.38. The second-order valence-electron chi connectivity index (χ2n) is 5.74. The summed E-state index contributed by atoms with van der Waals surface area (Å²) in [6, 6.07) is 3.62. The van der Waals surface area contributed by atoms with Gasteiger partial charge in [-0.3, -0.25) is 0 Å². The first-order valence-corrected chi connectivity index (χ1v) is 8.08. The van der Waals surface area contributed by atoms with Crippen LogP contribution in [0.4, 0.5) is 0 Å². The first-order valence-electron chi connectivity index (χ1n) is 7.44. The van der Waals surface area contributed by atoms with E-state index in [0.29, 0.717) is 5.56 Å². The SMILES string of the molecule is CC1=C[C@@H](c2c(O)cc(CCCCS)cc2O)CCC1. The fraction of sp³-hybridized carbons (Fsp3) is 0.529. The number of hydrogen-bond donors (Lipinski definition) is 3. The second-order valence-corrected chi connectivity index (χ2v) is 6.19. The van der Waals surface area contributed by atoms with Crippen LogP contribution in [0.1, 0.15) is 56.1 Å². The second kappa shape index (κ2) is 7.07. The van der Waals surface area contributed by atoms with Gasteiger partial charge < -0.3 is 10.2 Å². The van der Waals surface area contributed by atoms with Gasteiger partial charge in [0.05, 0.1) is 0 Å². The van der Waals surface area contributed by atoms with Crippen LogP contribution in [0.3, 0.4) is 0 Å². The van der Waals surface area contributed by atoms with Crippen LogP contribution in [0.5, 0.6) is 11.5 Å². The molecule has 0 radical (unpaired) electrons. The molecule has 0 amide bonds. The number of unbranched alkanes of at least 4 members (excludes halogenated alkanes) is 1. The van der Waals surface area contributed by atoms with Gasteiger partial charge in [-0.1, -0.05) is 11.6 Å². The molecular formula is C17H24O2S. The third-order valence-corrected chi connectivity index (χ3v) is 4.33. The minimum Gasteiger partial charge on any atom is -0.507 e. The molecule has 0 heterocycles. The highest BCUT2D eigenvalue weighted by atomic mass is 32.1. The van der Waals surface area contributed by atoms with Gasteiger partial charge in [0.15, 0.2) is 0 Å². The quantitative estimate of drug-likeness (QED) is 0.423.